The zero-order valence-corrected chi connectivity index (χ0v) is 40.9. The fraction of sp³-hybridized carbons (Fsp3) is 0.320. The minimum Gasteiger partial charge on any atom is -0.406 e. The number of alkyl halides is 6. The number of rotatable bonds is 11. The summed E-state index contributed by atoms with van der Waals surface area (Å²) in [5.41, 5.74) is 2.19. The van der Waals surface area contributed by atoms with Crippen LogP contribution in [0.25, 0.3) is 0 Å². The Morgan fingerprint density at radius 1 is 0.603 bits per heavy atom. The predicted molar refractivity (Wildman–Crippen MR) is 265 cm³/mol. The molecule has 8 rings (SSSR count). The van der Waals surface area contributed by atoms with Crippen LogP contribution < -0.4 is 41.4 Å². The van der Waals surface area contributed by atoms with Crippen LogP contribution in [0.1, 0.15) is 43.2 Å². The van der Waals surface area contributed by atoms with Gasteiger partial charge in [0, 0.05) is 87.5 Å². The van der Waals surface area contributed by atoms with E-state index in [2.05, 4.69) is 64.2 Å². The number of hydrogen-bond acceptors (Lipinski definition) is 12. The number of halogens is 7. The van der Waals surface area contributed by atoms with Crippen LogP contribution in [0.2, 0.25) is 5.15 Å². The Bertz CT molecular complexity index is 2940. The van der Waals surface area contributed by atoms with Crippen molar-refractivity contribution in [1.82, 2.24) is 34.2 Å². The van der Waals surface area contributed by atoms with Gasteiger partial charge in [-0.1, -0.05) is 11.6 Å². The quantitative estimate of drug-likeness (QED) is 0.0869. The molecular weight excluding hydrogens is 986 g/mol. The highest BCUT2D eigenvalue weighted by Crippen LogP contribution is 2.26. The first-order chi connectivity index (χ1) is 34.6. The zero-order chi connectivity index (χ0) is 52.9. The molecule has 0 saturated carbocycles. The number of benzene rings is 2. The summed E-state index contributed by atoms with van der Waals surface area (Å²) in [7, 11) is 4.23. The highest BCUT2D eigenvalue weighted by molar-refractivity contribution is 6.29. The summed E-state index contributed by atoms with van der Waals surface area (Å²) in [6.45, 7) is 12.3. The topological polar surface area (TPSA) is 168 Å². The first-order valence-electron chi connectivity index (χ1n) is 22.7. The number of carbonyl (C=O) groups excluding carboxylic acids is 2. The Morgan fingerprint density at radius 3 is 1.44 bits per heavy atom. The summed E-state index contributed by atoms with van der Waals surface area (Å²) in [5.74, 6) is -1.34. The zero-order valence-electron chi connectivity index (χ0n) is 40.2. The number of hydrogen-bond donors (Lipinski definition) is 3. The number of pyridine rings is 4. The normalized spacial score (nSPS) is 14.2. The van der Waals surface area contributed by atoms with Crippen molar-refractivity contribution in [1.29, 1.82) is 0 Å². The number of carbonyl (C=O) groups is 2. The molecule has 23 heteroatoms. The van der Waals surface area contributed by atoms with E-state index in [9.17, 15) is 45.5 Å². The molecule has 0 bridgehead atoms. The molecule has 2 aliphatic heterocycles. The third-order valence-electron chi connectivity index (χ3n) is 11.4. The lowest BCUT2D eigenvalue weighted by Crippen LogP contribution is -2.44. The average molecular weight is 1040 g/mol. The van der Waals surface area contributed by atoms with Crippen molar-refractivity contribution in [3.05, 3.63) is 169 Å². The van der Waals surface area contributed by atoms with Gasteiger partial charge in [-0.3, -0.25) is 19.2 Å². The largest absolute Gasteiger partial charge is 0.573 e. The van der Waals surface area contributed by atoms with E-state index in [4.69, 9.17) is 11.6 Å². The van der Waals surface area contributed by atoms with Crippen molar-refractivity contribution in [2.75, 3.05) is 82.0 Å². The standard InChI is InChI=1S/C25H26F3N5O3.C20H15ClF3N3O3.C5H12N2/c1-17-3-8-21(23(34)30-19-4-6-20(7-5-19)36-25(26,27)28)24(35)33(17)16-18-9-10-29-22(15-18)32-13-11-31(2)12-14-32;1-12-2-7-16(19(29)27(12)11-13-8-9-25-17(21)10-13)18(28)26-14-3-5-15(6-4-14)30-20(22,23)24;1-7-4-2-6-3-5-7/h3-10,15H,11-14,16H2,1-2H3,(H,30,34);2-10H,11H2,1H3,(H,26,28);6H,2-5H2,1H3. The smallest absolute Gasteiger partial charge is 0.406 e. The van der Waals surface area contributed by atoms with E-state index in [1.54, 1.807) is 44.3 Å². The van der Waals surface area contributed by atoms with Gasteiger partial charge in [-0.25, -0.2) is 9.97 Å². The van der Waals surface area contributed by atoms with Gasteiger partial charge in [0.1, 0.15) is 33.6 Å². The molecule has 0 atom stereocenters. The predicted octanol–water partition coefficient (Wildman–Crippen LogP) is 7.43. The van der Waals surface area contributed by atoms with Gasteiger partial charge in [0.25, 0.3) is 22.9 Å². The Balaban J connectivity index is 0.000000212. The number of ether oxygens (including phenoxy) is 2. The van der Waals surface area contributed by atoms with Crippen LogP contribution in [0.5, 0.6) is 11.5 Å². The molecule has 0 unspecified atom stereocenters. The Labute approximate surface area is 421 Å². The second kappa shape index (κ2) is 24.9. The molecule has 6 heterocycles. The van der Waals surface area contributed by atoms with Crippen molar-refractivity contribution >= 4 is 40.6 Å². The number of amides is 2. The molecule has 4 aromatic heterocycles. The number of likely N-dealkylation sites (N-methyl/N-ethyl adjacent to an activating group) is 2. The summed E-state index contributed by atoms with van der Waals surface area (Å²) in [4.78, 5) is 66.5. The molecule has 0 aliphatic carbocycles. The molecule has 388 valence electrons. The van der Waals surface area contributed by atoms with Crippen LogP contribution >= 0.6 is 11.6 Å². The fourth-order valence-corrected chi connectivity index (χ4v) is 7.60. The lowest BCUT2D eigenvalue weighted by molar-refractivity contribution is -0.275. The maximum absolute atomic E-state index is 13.2. The molecule has 73 heavy (non-hydrogen) atoms. The van der Waals surface area contributed by atoms with Crippen molar-refractivity contribution in [3.8, 4) is 11.5 Å². The molecule has 2 amide bonds. The molecule has 6 aromatic rings. The van der Waals surface area contributed by atoms with E-state index >= 15 is 0 Å². The van der Waals surface area contributed by atoms with Gasteiger partial charge in [-0.15, -0.1) is 26.3 Å². The van der Waals surface area contributed by atoms with Gasteiger partial charge < -0.3 is 49.3 Å². The Hall–Kier alpha value is -7.27. The van der Waals surface area contributed by atoms with Crippen LogP contribution in [0, 0.1) is 13.8 Å². The van der Waals surface area contributed by atoms with Crippen LogP contribution in [0.4, 0.5) is 43.5 Å². The molecule has 2 aliphatic rings. The monoisotopic (exact) mass is 1040 g/mol. The van der Waals surface area contributed by atoms with E-state index in [1.165, 1.54) is 64.8 Å². The second-order valence-electron chi connectivity index (χ2n) is 17.0. The summed E-state index contributed by atoms with van der Waals surface area (Å²) in [6.07, 6.45) is -6.39. The van der Waals surface area contributed by atoms with Crippen molar-refractivity contribution < 1.29 is 45.4 Å². The van der Waals surface area contributed by atoms with E-state index in [1.807, 2.05) is 12.1 Å². The van der Waals surface area contributed by atoms with E-state index in [-0.39, 0.29) is 40.7 Å². The van der Waals surface area contributed by atoms with Crippen LogP contribution in [-0.2, 0) is 13.1 Å². The number of piperazine rings is 2. The summed E-state index contributed by atoms with van der Waals surface area (Å²) in [6, 6.07) is 22.5. The van der Waals surface area contributed by atoms with Crippen LogP contribution in [-0.4, -0.2) is 120 Å². The molecule has 16 nitrogen and oxygen atoms in total. The fourth-order valence-electron chi connectivity index (χ4n) is 7.41. The minimum atomic E-state index is -4.81. The Kier molecular flexibility index (Phi) is 18.8. The molecular formula is C50H53ClF6N10O6. The minimum absolute atomic E-state index is 0.0791. The van der Waals surface area contributed by atoms with E-state index < -0.39 is 47.2 Å². The first-order valence-corrected chi connectivity index (χ1v) is 23.1. The number of anilines is 3. The molecule has 0 radical (unpaired) electrons. The lowest BCUT2D eigenvalue weighted by Gasteiger charge is -2.33. The molecule has 2 aromatic carbocycles. The third-order valence-corrected chi connectivity index (χ3v) is 11.6. The SMILES string of the molecule is CN1CCNCC1.Cc1ccc(C(=O)Nc2ccc(OC(F)(F)F)cc2)c(=O)n1Cc1ccnc(Cl)c1.Cc1ccc(C(=O)Nc2ccc(OC(F)(F)F)cc2)c(=O)n1Cc1ccnc(N2CCN(C)CC2)c1. The van der Waals surface area contributed by atoms with E-state index in [0.717, 1.165) is 80.5 Å². The van der Waals surface area contributed by atoms with Gasteiger partial charge in [-0.05, 0) is 136 Å². The van der Waals surface area contributed by atoms with Gasteiger partial charge >= 0.3 is 12.7 Å². The maximum atomic E-state index is 13.2. The molecule has 0 spiro atoms. The number of aromatic nitrogens is 4. The number of aryl methyl sites for hydroxylation is 2. The second-order valence-corrected chi connectivity index (χ2v) is 17.4. The molecule has 2 fully saturated rings. The number of nitrogens with one attached hydrogen (secondary N) is 3. The van der Waals surface area contributed by atoms with Crippen molar-refractivity contribution in [2.45, 2.75) is 39.7 Å². The van der Waals surface area contributed by atoms with Crippen LogP contribution in [0.15, 0.2) is 119 Å². The van der Waals surface area contributed by atoms with Crippen molar-refractivity contribution in [2.24, 2.45) is 0 Å². The third kappa shape index (κ3) is 16.9. The van der Waals surface area contributed by atoms with Gasteiger partial charge in [0.05, 0.1) is 13.1 Å². The lowest BCUT2D eigenvalue weighted by atomic mass is 10.2. The Morgan fingerprint density at radius 2 is 1.03 bits per heavy atom. The maximum Gasteiger partial charge on any atom is 0.573 e. The highest BCUT2D eigenvalue weighted by Gasteiger charge is 2.32. The molecule has 3 N–H and O–H groups in total. The summed E-state index contributed by atoms with van der Waals surface area (Å²) < 4.78 is 84.2. The van der Waals surface area contributed by atoms with Crippen LogP contribution in [0.3, 0.4) is 0 Å². The van der Waals surface area contributed by atoms with Crippen molar-refractivity contribution in [3.63, 3.8) is 0 Å². The van der Waals surface area contributed by atoms with Gasteiger partial charge in [-0.2, -0.15) is 0 Å². The number of nitrogens with zero attached hydrogens (tertiary/aromatic N) is 7. The summed E-state index contributed by atoms with van der Waals surface area (Å²) >= 11 is 5.88. The summed E-state index contributed by atoms with van der Waals surface area (Å²) in [5, 5.41) is 8.59. The van der Waals surface area contributed by atoms with Gasteiger partial charge in [0.2, 0.25) is 0 Å². The van der Waals surface area contributed by atoms with E-state index in [0.29, 0.717) is 11.4 Å². The van der Waals surface area contributed by atoms with Gasteiger partial charge in [0.15, 0.2) is 0 Å². The first kappa shape index (κ1) is 55.1. The average Bonchev–Trinajstić information content (AvgIpc) is 3.33. The molecule has 2 saturated heterocycles. The highest BCUT2D eigenvalue weighted by atomic mass is 35.5.